The molecule has 1 saturated heterocycles. The van der Waals surface area contributed by atoms with Crippen molar-refractivity contribution in [3.8, 4) is 0 Å². The van der Waals surface area contributed by atoms with E-state index in [0.29, 0.717) is 32.6 Å². The zero-order chi connectivity index (χ0) is 18.3. The second-order valence-corrected chi connectivity index (χ2v) is 8.95. The Morgan fingerprint density at radius 1 is 1.23 bits per heavy atom. The number of ether oxygens (including phenoxy) is 1. The van der Waals surface area contributed by atoms with E-state index in [0.717, 1.165) is 16.6 Å². The number of fused-ring (bicyclic) bond motifs is 1. The topological polar surface area (TPSA) is 78.5 Å². The zero-order valence-electron chi connectivity index (χ0n) is 15.1. The summed E-state index contributed by atoms with van der Waals surface area (Å²) in [6.45, 7) is 5.53. The third-order valence-electron chi connectivity index (χ3n) is 5.01. The number of hydrogen-bond donors (Lipinski definition) is 1. The third kappa shape index (κ3) is 3.18. The van der Waals surface area contributed by atoms with Crippen molar-refractivity contribution in [3.05, 3.63) is 36.2 Å². The second-order valence-electron chi connectivity index (χ2n) is 7.02. The lowest BCUT2D eigenvalue weighted by atomic mass is 10.0. The van der Waals surface area contributed by atoms with E-state index in [1.54, 1.807) is 14.8 Å². The van der Waals surface area contributed by atoms with Crippen molar-refractivity contribution in [2.24, 2.45) is 0 Å². The van der Waals surface area contributed by atoms with E-state index in [2.05, 4.69) is 9.97 Å². The summed E-state index contributed by atoms with van der Waals surface area (Å²) in [6.07, 6.45) is 6.27. The summed E-state index contributed by atoms with van der Waals surface area (Å²) in [5.41, 5.74) is 3.13. The lowest BCUT2D eigenvalue weighted by Crippen LogP contribution is -2.53. The molecule has 0 radical (unpaired) electrons. The van der Waals surface area contributed by atoms with Gasteiger partial charge in [0.1, 0.15) is 5.65 Å². The quantitative estimate of drug-likeness (QED) is 0.889. The van der Waals surface area contributed by atoms with Gasteiger partial charge in [-0.05, 0) is 38.0 Å². The molecule has 2 atom stereocenters. The van der Waals surface area contributed by atoms with Crippen LogP contribution in [0.4, 0.5) is 0 Å². The van der Waals surface area contributed by atoms with Crippen molar-refractivity contribution < 1.29 is 13.2 Å². The van der Waals surface area contributed by atoms with Gasteiger partial charge in [-0.1, -0.05) is 6.08 Å². The molecule has 0 aromatic carbocycles. The number of morpholine rings is 1. The van der Waals surface area contributed by atoms with Crippen molar-refractivity contribution in [2.45, 2.75) is 32.5 Å². The summed E-state index contributed by atoms with van der Waals surface area (Å²) in [7, 11) is -3.46. The molecule has 1 N–H and O–H groups in total. The van der Waals surface area contributed by atoms with Gasteiger partial charge < -0.3 is 9.72 Å². The second kappa shape index (κ2) is 6.77. The molecule has 4 rings (SSSR count). The molecule has 2 aliphatic heterocycles. The van der Waals surface area contributed by atoms with Gasteiger partial charge in [0.2, 0.25) is 0 Å². The average molecular weight is 376 g/mol. The number of nitrogens with zero attached hydrogens (tertiary/aromatic N) is 3. The smallest absolute Gasteiger partial charge is 0.282 e. The molecule has 140 valence electrons. The summed E-state index contributed by atoms with van der Waals surface area (Å²) in [6, 6.07) is 3.95. The maximum absolute atomic E-state index is 13.0. The summed E-state index contributed by atoms with van der Waals surface area (Å²) in [5, 5.41) is 1.07. The molecule has 0 bridgehead atoms. The van der Waals surface area contributed by atoms with Gasteiger partial charge in [-0.2, -0.15) is 17.0 Å². The first-order valence-corrected chi connectivity index (χ1v) is 10.4. The van der Waals surface area contributed by atoms with E-state index >= 15 is 0 Å². The van der Waals surface area contributed by atoms with Crippen molar-refractivity contribution >= 4 is 26.8 Å². The van der Waals surface area contributed by atoms with Crippen LogP contribution in [0.25, 0.3) is 16.6 Å². The van der Waals surface area contributed by atoms with Crippen LogP contribution in [-0.2, 0) is 14.9 Å². The molecule has 0 aliphatic carbocycles. The summed E-state index contributed by atoms with van der Waals surface area (Å²) in [4.78, 5) is 7.50. The predicted octanol–water partition coefficient (Wildman–Crippen LogP) is 2.01. The van der Waals surface area contributed by atoms with Crippen LogP contribution >= 0.6 is 0 Å². The highest BCUT2D eigenvalue weighted by atomic mass is 32.2. The minimum atomic E-state index is -3.46. The Hall–Kier alpha value is -1.74. The third-order valence-corrected chi connectivity index (χ3v) is 6.94. The van der Waals surface area contributed by atoms with E-state index in [1.807, 2.05) is 38.3 Å². The fourth-order valence-corrected chi connectivity index (χ4v) is 5.52. The van der Waals surface area contributed by atoms with Gasteiger partial charge in [0.25, 0.3) is 10.2 Å². The highest BCUT2D eigenvalue weighted by Crippen LogP contribution is 2.30. The standard InChI is InChI=1S/C18H24N4O3S/c1-13-11-22(12-14(2)25-13)26(23,24)21-8-5-15(6-9-21)17-10-20-18-16(17)4-3-7-19-18/h3-5,7,10,13-14H,6,8-9,11-12H2,1-2H3,(H,19,20)/t13-,14-/m0/s1. The van der Waals surface area contributed by atoms with E-state index in [9.17, 15) is 8.42 Å². The van der Waals surface area contributed by atoms with Gasteiger partial charge >= 0.3 is 0 Å². The molecule has 2 aromatic heterocycles. The summed E-state index contributed by atoms with van der Waals surface area (Å²) >= 11 is 0. The Morgan fingerprint density at radius 2 is 2.00 bits per heavy atom. The molecule has 0 spiro atoms. The predicted molar refractivity (Wildman–Crippen MR) is 101 cm³/mol. The van der Waals surface area contributed by atoms with E-state index < -0.39 is 10.2 Å². The fourth-order valence-electron chi connectivity index (χ4n) is 3.81. The molecule has 0 unspecified atom stereocenters. The molecular formula is C18H24N4O3S. The maximum atomic E-state index is 13.0. The monoisotopic (exact) mass is 376 g/mol. The van der Waals surface area contributed by atoms with Crippen molar-refractivity contribution in [1.29, 1.82) is 0 Å². The molecule has 4 heterocycles. The number of pyridine rings is 1. The average Bonchev–Trinajstić information content (AvgIpc) is 3.05. The number of hydrogen-bond acceptors (Lipinski definition) is 4. The molecule has 7 nitrogen and oxygen atoms in total. The Bertz CT molecular complexity index is 927. The number of H-pyrrole nitrogens is 1. The minimum absolute atomic E-state index is 0.0804. The Morgan fingerprint density at radius 3 is 2.69 bits per heavy atom. The van der Waals surface area contributed by atoms with Crippen LogP contribution in [0.3, 0.4) is 0 Å². The van der Waals surface area contributed by atoms with Gasteiger partial charge in [-0.3, -0.25) is 0 Å². The summed E-state index contributed by atoms with van der Waals surface area (Å²) in [5.74, 6) is 0. The van der Waals surface area contributed by atoms with E-state index in [4.69, 9.17) is 4.74 Å². The zero-order valence-corrected chi connectivity index (χ0v) is 15.9. The number of rotatable bonds is 3. The SMILES string of the molecule is C[C@H]1CN(S(=O)(=O)N2CC=C(c3c[nH]c4ncccc34)CC2)C[C@H](C)O1. The molecule has 0 saturated carbocycles. The fraction of sp³-hybridized carbons (Fsp3) is 0.500. The molecular weight excluding hydrogens is 352 g/mol. The molecule has 2 aromatic rings. The van der Waals surface area contributed by atoms with Crippen LogP contribution in [0.2, 0.25) is 0 Å². The molecule has 1 fully saturated rings. The van der Waals surface area contributed by atoms with Gasteiger partial charge in [0, 0.05) is 49.5 Å². The van der Waals surface area contributed by atoms with Crippen molar-refractivity contribution in [2.75, 3.05) is 26.2 Å². The van der Waals surface area contributed by atoms with Gasteiger partial charge in [-0.15, -0.1) is 0 Å². The van der Waals surface area contributed by atoms with Crippen LogP contribution in [0.15, 0.2) is 30.6 Å². The molecule has 2 aliphatic rings. The van der Waals surface area contributed by atoms with Crippen molar-refractivity contribution in [3.63, 3.8) is 0 Å². The molecule has 8 heteroatoms. The van der Waals surface area contributed by atoms with Crippen LogP contribution in [0.1, 0.15) is 25.8 Å². The molecule has 26 heavy (non-hydrogen) atoms. The van der Waals surface area contributed by atoms with E-state index in [1.165, 1.54) is 5.57 Å². The van der Waals surface area contributed by atoms with Gasteiger partial charge in [0.15, 0.2) is 0 Å². The van der Waals surface area contributed by atoms with Crippen molar-refractivity contribution in [1.82, 2.24) is 18.6 Å². The largest absolute Gasteiger partial charge is 0.373 e. The highest BCUT2D eigenvalue weighted by Gasteiger charge is 2.35. The number of aromatic nitrogens is 2. The van der Waals surface area contributed by atoms with Crippen LogP contribution in [0, 0.1) is 0 Å². The first-order chi connectivity index (χ1) is 12.4. The van der Waals surface area contributed by atoms with Gasteiger partial charge in [-0.25, -0.2) is 4.98 Å². The van der Waals surface area contributed by atoms with Gasteiger partial charge in [0.05, 0.1) is 12.2 Å². The molecule has 0 amide bonds. The van der Waals surface area contributed by atoms with Crippen LogP contribution < -0.4 is 0 Å². The first-order valence-electron chi connectivity index (χ1n) is 8.97. The Labute approximate surface area is 153 Å². The first kappa shape index (κ1) is 17.7. The maximum Gasteiger partial charge on any atom is 0.282 e. The van der Waals surface area contributed by atoms with Crippen LogP contribution in [-0.4, -0.2) is 65.4 Å². The van der Waals surface area contributed by atoms with E-state index in [-0.39, 0.29) is 12.2 Å². The normalized spacial score (nSPS) is 26.2. The lowest BCUT2D eigenvalue weighted by molar-refractivity contribution is -0.0454. The lowest BCUT2D eigenvalue weighted by Gasteiger charge is -2.38. The number of aromatic amines is 1. The highest BCUT2D eigenvalue weighted by molar-refractivity contribution is 7.86. The number of nitrogens with one attached hydrogen (secondary N) is 1. The Kier molecular flexibility index (Phi) is 4.60. The summed E-state index contributed by atoms with van der Waals surface area (Å²) < 4.78 is 34.8. The Balaban J connectivity index is 1.53. The van der Waals surface area contributed by atoms with Crippen LogP contribution in [0.5, 0.6) is 0 Å². The minimum Gasteiger partial charge on any atom is -0.373 e.